The Bertz CT molecular complexity index is 378. The molecule has 0 bridgehead atoms. The Labute approximate surface area is 108 Å². The Morgan fingerprint density at radius 1 is 1.17 bits per heavy atom. The van der Waals surface area contributed by atoms with Crippen LogP contribution in [-0.4, -0.2) is 47.0 Å². The van der Waals surface area contributed by atoms with E-state index in [-0.39, 0.29) is 12.5 Å². The van der Waals surface area contributed by atoms with Crippen LogP contribution in [0.15, 0.2) is 12.4 Å². The van der Waals surface area contributed by atoms with Gasteiger partial charge in [-0.3, -0.25) is 9.78 Å². The molecule has 0 fully saturated rings. The number of anilines is 2. The summed E-state index contributed by atoms with van der Waals surface area (Å²) >= 11 is 0. The molecule has 0 aromatic carbocycles. The van der Waals surface area contributed by atoms with E-state index in [2.05, 4.69) is 20.6 Å². The van der Waals surface area contributed by atoms with E-state index in [1.807, 2.05) is 20.8 Å². The van der Waals surface area contributed by atoms with Gasteiger partial charge in [0.25, 0.3) is 0 Å². The zero-order valence-corrected chi connectivity index (χ0v) is 11.2. The van der Waals surface area contributed by atoms with Gasteiger partial charge in [-0.1, -0.05) is 0 Å². The normalized spacial score (nSPS) is 9.94. The fourth-order valence-corrected chi connectivity index (χ4v) is 1.57. The molecular weight excluding hydrogens is 230 g/mol. The van der Waals surface area contributed by atoms with Gasteiger partial charge in [-0.05, 0) is 20.8 Å². The number of carbonyl (C=O) groups excluding carboxylic acids is 1. The van der Waals surface area contributed by atoms with Crippen molar-refractivity contribution in [2.75, 3.05) is 36.8 Å². The molecule has 0 unspecified atom stereocenters. The topological polar surface area (TPSA) is 70.2 Å². The van der Waals surface area contributed by atoms with E-state index in [1.165, 1.54) is 0 Å². The highest BCUT2D eigenvalue weighted by molar-refractivity contribution is 5.80. The predicted octanol–water partition coefficient (Wildman–Crippen LogP) is 1.19. The summed E-state index contributed by atoms with van der Waals surface area (Å²) in [5.74, 6) is 1.38. The Hall–Kier alpha value is -1.85. The van der Waals surface area contributed by atoms with Gasteiger partial charge in [-0.2, -0.15) is 0 Å². The zero-order chi connectivity index (χ0) is 13.4. The molecule has 1 heterocycles. The third kappa shape index (κ3) is 4.20. The van der Waals surface area contributed by atoms with Crippen LogP contribution in [0.5, 0.6) is 0 Å². The lowest BCUT2D eigenvalue weighted by molar-refractivity contribution is -0.128. The SMILES string of the molecule is CCNc1cncc(NCC(=O)N(CC)CC)n1. The lowest BCUT2D eigenvalue weighted by atomic mass is 10.4. The van der Waals surface area contributed by atoms with Crippen LogP contribution in [0.3, 0.4) is 0 Å². The van der Waals surface area contributed by atoms with Gasteiger partial charge in [0.05, 0.1) is 18.9 Å². The number of hydrogen-bond acceptors (Lipinski definition) is 5. The van der Waals surface area contributed by atoms with Crippen LogP contribution >= 0.6 is 0 Å². The van der Waals surface area contributed by atoms with Gasteiger partial charge in [0.1, 0.15) is 11.6 Å². The molecule has 0 radical (unpaired) electrons. The van der Waals surface area contributed by atoms with Crippen LogP contribution in [0.4, 0.5) is 11.6 Å². The summed E-state index contributed by atoms with van der Waals surface area (Å²) in [6.45, 7) is 8.40. The molecule has 0 spiro atoms. The molecule has 1 amide bonds. The standard InChI is InChI=1S/C12H21N5O/c1-4-14-10-7-13-8-11(16-10)15-9-12(18)17(5-2)6-3/h7-8H,4-6,9H2,1-3H3,(H2,14,15,16). The van der Waals surface area contributed by atoms with E-state index in [0.29, 0.717) is 11.6 Å². The van der Waals surface area contributed by atoms with Crippen LogP contribution in [0.2, 0.25) is 0 Å². The van der Waals surface area contributed by atoms with Crippen molar-refractivity contribution < 1.29 is 4.79 Å². The third-order valence-electron chi connectivity index (χ3n) is 2.53. The fourth-order valence-electron chi connectivity index (χ4n) is 1.57. The summed E-state index contributed by atoms with van der Waals surface area (Å²) in [6.07, 6.45) is 3.26. The second-order valence-corrected chi connectivity index (χ2v) is 3.74. The summed E-state index contributed by atoms with van der Waals surface area (Å²) in [7, 11) is 0. The van der Waals surface area contributed by atoms with Crippen molar-refractivity contribution in [2.45, 2.75) is 20.8 Å². The van der Waals surface area contributed by atoms with Crippen molar-refractivity contribution in [3.8, 4) is 0 Å². The van der Waals surface area contributed by atoms with Crippen LogP contribution in [0, 0.1) is 0 Å². The smallest absolute Gasteiger partial charge is 0.241 e. The van der Waals surface area contributed by atoms with Gasteiger partial charge >= 0.3 is 0 Å². The number of likely N-dealkylation sites (N-methyl/N-ethyl adjacent to an activating group) is 1. The fraction of sp³-hybridized carbons (Fsp3) is 0.583. The van der Waals surface area contributed by atoms with Crippen molar-refractivity contribution >= 4 is 17.5 Å². The number of nitrogens with one attached hydrogen (secondary N) is 2. The van der Waals surface area contributed by atoms with E-state index in [0.717, 1.165) is 19.6 Å². The third-order valence-corrected chi connectivity index (χ3v) is 2.53. The largest absolute Gasteiger partial charge is 0.369 e. The summed E-state index contributed by atoms with van der Waals surface area (Å²) in [5.41, 5.74) is 0. The van der Waals surface area contributed by atoms with Crippen LogP contribution in [-0.2, 0) is 4.79 Å². The molecule has 0 saturated carbocycles. The van der Waals surface area contributed by atoms with Crippen LogP contribution in [0.25, 0.3) is 0 Å². The second kappa shape index (κ2) is 7.47. The van der Waals surface area contributed by atoms with Crippen LogP contribution < -0.4 is 10.6 Å². The minimum atomic E-state index is 0.0654. The Kier molecular flexibility index (Phi) is 5.90. The molecule has 1 aromatic rings. The van der Waals surface area contributed by atoms with Gasteiger partial charge in [0.2, 0.25) is 5.91 Å². The number of rotatable bonds is 7. The lowest BCUT2D eigenvalue weighted by Gasteiger charge is -2.18. The Morgan fingerprint density at radius 3 is 2.33 bits per heavy atom. The molecule has 0 saturated heterocycles. The van der Waals surface area contributed by atoms with E-state index >= 15 is 0 Å². The monoisotopic (exact) mass is 251 g/mol. The summed E-state index contributed by atoms with van der Waals surface area (Å²) in [4.78, 5) is 21.9. The van der Waals surface area contributed by atoms with Gasteiger partial charge in [-0.15, -0.1) is 0 Å². The molecule has 1 rings (SSSR count). The lowest BCUT2D eigenvalue weighted by Crippen LogP contribution is -2.35. The molecule has 0 aliphatic heterocycles. The maximum Gasteiger partial charge on any atom is 0.241 e. The molecule has 2 N–H and O–H groups in total. The van der Waals surface area contributed by atoms with Crippen molar-refractivity contribution in [2.24, 2.45) is 0 Å². The minimum absolute atomic E-state index is 0.0654. The van der Waals surface area contributed by atoms with Crippen LogP contribution in [0.1, 0.15) is 20.8 Å². The van der Waals surface area contributed by atoms with Gasteiger partial charge in [-0.25, -0.2) is 4.98 Å². The predicted molar refractivity (Wildman–Crippen MR) is 72.6 cm³/mol. The van der Waals surface area contributed by atoms with E-state index < -0.39 is 0 Å². The summed E-state index contributed by atoms with van der Waals surface area (Å²) < 4.78 is 0. The molecule has 0 atom stereocenters. The molecule has 100 valence electrons. The molecule has 18 heavy (non-hydrogen) atoms. The number of hydrogen-bond donors (Lipinski definition) is 2. The van der Waals surface area contributed by atoms with E-state index in [9.17, 15) is 4.79 Å². The first-order chi connectivity index (χ1) is 8.71. The number of aromatic nitrogens is 2. The highest BCUT2D eigenvalue weighted by Gasteiger charge is 2.09. The highest BCUT2D eigenvalue weighted by atomic mass is 16.2. The van der Waals surface area contributed by atoms with Crippen molar-refractivity contribution in [3.63, 3.8) is 0 Å². The number of nitrogens with zero attached hydrogens (tertiary/aromatic N) is 3. The Morgan fingerprint density at radius 2 is 1.78 bits per heavy atom. The van der Waals surface area contributed by atoms with E-state index in [4.69, 9.17) is 0 Å². The first-order valence-electron chi connectivity index (χ1n) is 6.28. The second-order valence-electron chi connectivity index (χ2n) is 3.74. The summed E-state index contributed by atoms with van der Waals surface area (Å²) in [6, 6.07) is 0. The molecule has 0 aliphatic carbocycles. The Balaban J connectivity index is 2.52. The minimum Gasteiger partial charge on any atom is -0.369 e. The van der Waals surface area contributed by atoms with Crippen molar-refractivity contribution in [1.29, 1.82) is 0 Å². The molecule has 1 aromatic heterocycles. The molecule has 0 aliphatic rings. The van der Waals surface area contributed by atoms with Gasteiger partial charge in [0.15, 0.2) is 0 Å². The van der Waals surface area contributed by atoms with Gasteiger partial charge in [0, 0.05) is 19.6 Å². The highest BCUT2D eigenvalue weighted by Crippen LogP contribution is 2.05. The van der Waals surface area contributed by atoms with Crippen molar-refractivity contribution in [3.05, 3.63) is 12.4 Å². The number of carbonyl (C=O) groups is 1. The van der Waals surface area contributed by atoms with Crippen molar-refractivity contribution in [1.82, 2.24) is 14.9 Å². The molecule has 6 nitrogen and oxygen atoms in total. The van der Waals surface area contributed by atoms with E-state index in [1.54, 1.807) is 17.3 Å². The average molecular weight is 251 g/mol. The maximum atomic E-state index is 11.8. The first-order valence-corrected chi connectivity index (χ1v) is 6.28. The number of amides is 1. The zero-order valence-electron chi connectivity index (χ0n) is 11.2. The quantitative estimate of drug-likeness (QED) is 0.761. The first kappa shape index (κ1) is 14.2. The maximum absolute atomic E-state index is 11.8. The van der Waals surface area contributed by atoms with Gasteiger partial charge < -0.3 is 15.5 Å². The molecular formula is C12H21N5O. The molecule has 6 heteroatoms. The average Bonchev–Trinajstić information content (AvgIpc) is 2.39. The summed E-state index contributed by atoms with van der Waals surface area (Å²) in [5, 5.41) is 6.06.